The van der Waals surface area contributed by atoms with Gasteiger partial charge in [-0.1, -0.05) is 63.9 Å². The summed E-state index contributed by atoms with van der Waals surface area (Å²) in [6.07, 6.45) is 16.5. The number of hydrogen-bond acceptors (Lipinski definition) is 4. The molecule has 0 bridgehead atoms. The van der Waals surface area contributed by atoms with Gasteiger partial charge in [0.25, 0.3) is 5.91 Å². The van der Waals surface area contributed by atoms with Crippen molar-refractivity contribution < 1.29 is 4.79 Å². The van der Waals surface area contributed by atoms with E-state index in [0.717, 1.165) is 31.2 Å². The van der Waals surface area contributed by atoms with Gasteiger partial charge in [0.2, 0.25) is 0 Å². The SMILES string of the molecule is Cc1ccc(N/C=C(/C#N)C(=O)NC2CCCCCCCCCCC2)nc1. The van der Waals surface area contributed by atoms with Gasteiger partial charge in [-0.3, -0.25) is 4.79 Å². The molecule has 146 valence electrons. The van der Waals surface area contributed by atoms with Crippen molar-refractivity contribution in [3.05, 3.63) is 35.7 Å². The van der Waals surface area contributed by atoms with Gasteiger partial charge in [-0.05, 0) is 31.4 Å². The molecule has 1 heterocycles. The molecule has 0 unspecified atom stereocenters. The van der Waals surface area contributed by atoms with Crippen molar-refractivity contribution >= 4 is 11.7 Å². The molecule has 0 aromatic carbocycles. The summed E-state index contributed by atoms with van der Waals surface area (Å²) < 4.78 is 0. The summed E-state index contributed by atoms with van der Waals surface area (Å²) >= 11 is 0. The van der Waals surface area contributed by atoms with Gasteiger partial charge in [0.15, 0.2) is 0 Å². The molecule has 1 aliphatic carbocycles. The Balaban J connectivity index is 1.90. The van der Waals surface area contributed by atoms with Crippen LogP contribution in [0.4, 0.5) is 5.82 Å². The molecule has 5 nitrogen and oxygen atoms in total. The highest BCUT2D eigenvalue weighted by molar-refractivity contribution is 5.97. The topological polar surface area (TPSA) is 77.8 Å². The fourth-order valence-corrected chi connectivity index (χ4v) is 3.42. The third kappa shape index (κ3) is 8.25. The highest BCUT2D eigenvalue weighted by Crippen LogP contribution is 2.17. The van der Waals surface area contributed by atoms with E-state index in [1.807, 2.05) is 25.1 Å². The standard InChI is InChI=1S/C22H32N4O/c1-18-13-14-21(24-16-18)25-17-19(15-23)22(27)26-20-11-9-7-5-3-2-4-6-8-10-12-20/h13-14,16-17,20H,2-12H2,1H3,(H,24,25)(H,26,27)/b19-17-. The molecular formula is C22H32N4O. The zero-order chi connectivity index (χ0) is 19.3. The van der Waals surface area contributed by atoms with E-state index in [-0.39, 0.29) is 17.5 Å². The van der Waals surface area contributed by atoms with Crippen LogP contribution in [0.1, 0.15) is 76.2 Å². The smallest absolute Gasteiger partial charge is 0.263 e. The van der Waals surface area contributed by atoms with Crippen molar-refractivity contribution in [3.8, 4) is 6.07 Å². The normalized spacial score (nSPS) is 17.9. The number of hydrogen-bond donors (Lipinski definition) is 2. The zero-order valence-corrected chi connectivity index (χ0v) is 16.5. The number of aryl methyl sites for hydroxylation is 1. The van der Waals surface area contributed by atoms with Crippen LogP contribution in [0.3, 0.4) is 0 Å². The Bertz CT molecular complexity index is 633. The number of carbonyl (C=O) groups is 1. The third-order valence-electron chi connectivity index (χ3n) is 5.08. The van der Waals surface area contributed by atoms with Crippen LogP contribution in [0.15, 0.2) is 30.1 Å². The van der Waals surface area contributed by atoms with Crippen molar-refractivity contribution in [2.24, 2.45) is 0 Å². The van der Waals surface area contributed by atoms with E-state index in [9.17, 15) is 10.1 Å². The van der Waals surface area contributed by atoms with E-state index < -0.39 is 0 Å². The number of carbonyl (C=O) groups excluding carboxylic acids is 1. The van der Waals surface area contributed by atoms with Crippen LogP contribution in [-0.2, 0) is 4.79 Å². The molecule has 0 atom stereocenters. The van der Waals surface area contributed by atoms with Gasteiger partial charge in [-0.15, -0.1) is 0 Å². The molecule has 1 fully saturated rings. The van der Waals surface area contributed by atoms with Crippen molar-refractivity contribution in [3.63, 3.8) is 0 Å². The van der Waals surface area contributed by atoms with E-state index in [1.165, 1.54) is 51.1 Å². The molecule has 1 aliphatic rings. The minimum Gasteiger partial charge on any atom is -0.349 e. The lowest BCUT2D eigenvalue weighted by Crippen LogP contribution is -2.35. The van der Waals surface area contributed by atoms with E-state index in [1.54, 1.807) is 6.20 Å². The van der Waals surface area contributed by atoms with E-state index in [4.69, 9.17) is 0 Å². The molecule has 0 spiro atoms. The molecule has 1 aromatic rings. The van der Waals surface area contributed by atoms with Gasteiger partial charge in [0.1, 0.15) is 17.5 Å². The first-order valence-electron chi connectivity index (χ1n) is 10.3. The summed E-state index contributed by atoms with van der Waals surface area (Å²) in [6, 6.07) is 5.91. The van der Waals surface area contributed by atoms with Crippen LogP contribution < -0.4 is 10.6 Å². The zero-order valence-electron chi connectivity index (χ0n) is 16.5. The second-order valence-electron chi connectivity index (χ2n) is 7.46. The quantitative estimate of drug-likeness (QED) is 0.579. The molecule has 0 radical (unpaired) electrons. The molecule has 2 N–H and O–H groups in total. The van der Waals surface area contributed by atoms with Gasteiger partial charge in [-0.2, -0.15) is 5.26 Å². The Morgan fingerprint density at radius 1 is 1.07 bits per heavy atom. The molecule has 27 heavy (non-hydrogen) atoms. The Labute approximate surface area is 163 Å². The summed E-state index contributed by atoms with van der Waals surface area (Å²) in [5.41, 5.74) is 1.15. The third-order valence-corrected chi connectivity index (χ3v) is 5.08. The van der Waals surface area contributed by atoms with Crippen LogP contribution in [-0.4, -0.2) is 16.9 Å². The number of amides is 1. The number of aromatic nitrogens is 1. The first-order chi connectivity index (χ1) is 13.2. The number of rotatable bonds is 4. The first kappa shape index (κ1) is 21.0. The molecule has 1 amide bonds. The molecule has 0 aliphatic heterocycles. The van der Waals surface area contributed by atoms with Crippen LogP contribution in [0.5, 0.6) is 0 Å². The molecule has 1 aromatic heterocycles. The van der Waals surface area contributed by atoms with Crippen molar-refractivity contribution in [2.45, 2.75) is 83.6 Å². The first-order valence-corrected chi connectivity index (χ1v) is 10.3. The van der Waals surface area contributed by atoms with Gasteiger partial charge in [-0.25, -0.2) is 4.98 Å². The maximum atomic E-state index is 12.5. The van der Waals surface area contributed by atoms with Gasteiger partial charge < -0.3 is 10.6 Å². The van der Waals surface area contributed by atoms with Crippen molar-refractivity contribution in [1.82, 2.24) is 10.3 Å². The highest BCUT2D eigenvalue weighted by Gasteiger charge is 2.16. The fraction of sp³-hybridized carbons (Fsp3) is 0.591. The van der Waals surface area contributed by atoms with E-state index >= 15 is 0 Å². The average Bonchev–Trinajstić information content (AvgIpc) is 2.66. The van der Waals surface area contributed by atoms with Crippen molar-refractivity contribution in [2.75, 3.05) is 5.32 Å². The molecule has 0 saturated heterocycles. The summed E-state index contributed by atoms with van der Waals surface area (Å²) in [6.45, 7) is 1.96. The van der Waals surface area contributed by atoms with Gasteiger partial charge in [0, 0.05) is 18.4 Å². The number of nitriles is 1. The lowest BCUT2D eigenvalue weighted by Gasteiger charge is -2.19. The van der Waals surface area contributed by atoms with E-state index in [2.05, 4.69) is 15.6 Å². The number of nitrogens with zero attached hydrogens (tertiary/aromatic N) is 2. The summed E-state index contributed by atoms with van der Waals surface area (Å²) in [5.74, 6) is 0.321. The maximum Gasteiger partial charge on any atom is 0.263 e. The molecule has 1 saturated carbocycles. The number of anilines is 1. The van der Waals surface area contributed by atoms with Crippen LogP contribution in [0.25, 0.3) is 0 Å². The number of nitrogens with one attached hydrogen (secondary N) is 2. The maximum absolute atomic E-state index is 12.5. The fourth-order valence-electron chi connectivity index (χ4n) is 3.42. The van der Waals surface area contributed by atoms with Crippen LogP contribution in [0, 0.1) is 18.3 Å². The molecular weight excluding hydrogens is 336 g/mol. The Morgan fingerprint density at radius 2 is 1.67 bits per heavy atom. The second kappa shape index (κ2) is 12.1. The largest absolute Gasteiger partial charge is 0.349 e. The molecule has 2 rings (SSSR count). The van der Waals surface area contributed by atoms with E-state index in [0.29, 0.717) is 5.82 Å². The van der Waals surface area contributed by atoms with Gasteiger partial charge >= 0.3 is 0 Å². The monoisotopic (exact) mass is 368 g/mol. The minimum absolute atomic E-state index is 0.0866. The predicted octanol–water partition coefficient (Wildman–Crippen LogP) is 5.00. The number of pyridine rings is 1. The summed E-state index contributed by atoms with van der Waals surface area (Å²) in [5, 5.41) is 15.4. The predicted molar refractivity (Wildman–Crippen MR) is 109 cm³/mol. The second-order valence-corrected chi connectivity index (χ2v) is 7.46. The summed E-state index contributed by atoms with van der Waals surface area (Å²) in [7, 11) is 0. The lowest BCUT2D eigenvalue weighted by molar-refractivity contribution is -0.117. The van der Waals surface area contributed by atoms with Crippen molar-refractivity contribution in [1.29, 1.82) is 5.26 Å². The Morgan fingerprint density at radius 3 is 2.19 bits per heavy atom. The van der Waals surface area contributed by atoms with Crippen LogP contribution >= 0.6 is 0 Å². The lowest BCUT2D eigenvalue weighted by atomic mass is 9.98. The summed E-state index contributed by atoms with van der Waals surface area (Å²) in [4.78, 5) is 16.8. The minimum atomic E-state index is -0.297. The van der Waals surface area contributed by atoms with Crippen LogP contribution in [0.2, 0.25) is 0 Å². The molecule has 5 heteroatoms. The Hall–Kier alpha value is -2.35. The average molecular weight is 369 g/mol. The van der Waals surface area contributed by atoms with Gasteiger partial charge in [0.05, 0.1) is 0 Å². The Kier molecular flexibility index (Phi) is 9.40. The highest BCUT2D eigenvalue weighted by atomic mass is 16.1.